The number of nitrogens with one attached hydrogen (secondary N) is 1. The van der Waals surface area contributed by atoms with E-state index in [1.54, 1.807) is 18.2 Å². The van der Waals surface area contributed by atoms with Gasteiger partial charge in [0.1, 0.15) is 28.5 Å². The summed E-state index contributed by atoms with van der Waals surface area (Å²) in [6.07, 6.45) is 2.81. The first-order chi connectivity index (χ1) is 14.0. The van der Waals surface area contributed by atoms with Gasteiger partial charge in [0, 0.05) is 17.3 Å². The maximum absolute atomic E-state index is 13.7. The number of nitrogens with zero attached hydrogens (tertiary/aromatic N) is 2. The quantitative estimate of drug-likeness (QED) is 0.439. The molecule has 0 atom stereocenters. The Morgan fingerprint density at radius 2 is 1.79 bits per heavy atom. The zero-order valence-electron chi connectivity index (χ0n) is 15.5. The van der Waals surface area contributed by atoms with Crippen molar-refractivity contribution < 1.29 is 18.0 Å². The predicted octanol–water partition coefficient (Wildman–Crippen LogP) is 6.10. The van der Waals surface area contributed by atoms with Crippen LogP contribution in [-0.4, -0.2) is 15.9 Å². The third kappa shape index (κ3) is 4.25. The summed E-state index contributed by atoms with van der Waals surface area (Å²) in [5.41, 5.74) is 1.89. The molecule has 0 aliphatic heterocycles. The van der Waals surface area contributed by atoms with Crippen LogP contribution >= 0.6 is 11.6 Å². The summed E-state index contributed by atoms with van der Waals surface area (Å²) in [7, 11) is 0. The summed E-state index contributed by atoms with van der Waals surface area (Å²) in [5, 5.41) is 2.83. The minimum Gasteiger partial charge on any atom is -0.443 e. The second kappa shape index (κ2) is 8.79. The van der Waals surface area contributed by atoms with Gasteiger partial charge in [0.15, 0.2) is 12.0 Å². The van der Waals surface area contributed by atoms with Crippen molar-refractivity contribution in [2.24, 2.45) is 0 Å². The highest BCUT2D eigenvalue weighted by Gasteiger charge is 2.17. The molecule has 0 unspecified atom stereocenters. The van der Waals surface area contributed by atoms with E-state index in [0.717, 1.165) is 12.1 Å². The molecule has 0 radical (unpaired) electrons. The summed E-state index contributed by atoms with van der Waals surface area (Å²) >= 11 is 6.27. The van der Waals surface area contributed by atoms with Crippen molar-refractivity contribution in [3.8, 4) is 11.1 Å². The lowest BCUT2D eigenvalue weighted by Crippen LogP contribution is -2.16. The molecule has 4 aromatic rings. The number of hydrogen-bond acceptors (Lipinski definition) is 4. The number of amides is 1. The average molecular weight is 416 g/mol. The first-order valence-corrected chi connectivity index (χ1v) is 9.15. The standard InChI is InChI=1S/C19H10ClF2N3O2.C2H6/c20-12-7-15-16(27-9-24-15)6-11(12)10-4-5-17(23-8-10)25-19(26)18-13(21)2-1-3-14(18)22;1-2/h1-9H,(H,23,25,26);1-2H3. The molecule has 2 aromatic heterocycles. The van der Waals surface area contributed by atoms with E-state index >= 15 is 0 Å². The number of oxazole rings is 1. The van der Waals surface area contributed by atoms with Crippen molar-refractivity contribution in [3.05, 3.63) is 77.3 Å². The molecule has 1 N–H and O–H groups in total. The number of anilines is 1. The van der Waals surface area contributed by atoms with Gasteiger partial charge in [-0.05, 0) is 36.4 Å². The van der Waals surface area contributed by atoms with Crippen LogP contribution in [0.1, 0.15) is 24.2 Å². The minimum atomic E-state index is -0.948. The molecule has 2 aromatic carbocycles. The summed E-state index contributed by atoms with van der Waals surface area (Å²) < 4.78 is 32.6. The van der Waals surface area contributed by atoms with E-state index in [1.165, 1.54) is 24.7 Å². The number of benzene rings is 2. The molecule has 148 valence electrons. The fourth-order valence-electron chi connectivity index (χ4n) is 2.62. The monoisotopic (exact) mass is 415 g/mol. The number of hydrogen-bond donors (Lipinski definition) is 1. The lowest BCUT2D eigenvalue weighted by molar-refractivity contribution is 0.101. The number of pyridine rings is 1. The number of carbonyl (C=O) groups excluding carboxylic acids is 1. The summed E-state index contributed by atoms with van der Waals surface area (Å²) in [6.45, 7) is 4.00. The van der Waals surface area contributed by atoms with Crippen LogP contribution in [0.25, 0.3) is 22.2 Å². The third-order valence-corrected chi connectivity index (χ3v) is 4.24. The van der Waals surface area contributed by atoms with E-state index in [-0.39, 0.29) is 5.82 Å². The van der Waals surface area contributed by atoms with E-state index in [0.29, 0.717) is 27.2 Å². The van der Waals surface area contributed by atoms with Crippen LogP contribution in [0.3, 0.4) is 0 Å². The van der Waals surface area contributed by atoms with Crippen molar-refractivity contribution in [1.82, 2.24) is 9.97 Å². The Balaban J connectivity index is 0.00000117. The van der Waals surface area contributed by atoms with Crippen LogP contribution in [0.2, 0.25) is 5.02 Å². The lowest BCUT2D eigenvalue weighted by Gasteiger charge is -2.08. The van der Waals surface area contributed by atoms with E-state index < -0.39 is 23.1 Å². The molecule has 0 saturated heterocycles. The lowest BCUT2D eigenvalue weighted by atomic mass is 10.1. The highest BCUT2D eigenvalue weighted by molar-refractivity contribution is 6.34. The molecule has 4 rings (SSSR count). The Morgan fingerprint density at radius 1 is 1.07 bits per heavy atom. The highest BCUT2D eigenvalue weighted by Crippen LogP contribution is 2.31. The van der Waals surface area contributed by atoms with Gasteiger partial charge in [0.25, 0.3) is 5.91 Å². The SMILES string of the molecule is CC.O=C(Nc1ccc(-c2cc3ocnc3cc2Cl)cn1)c1c(F)cccc1F. The summed E-state index contributed by atoms with van der Waals surface area (Å²) in [4.78, 5) is 20.2. The minimum absolute atomic E-state index is 0.142. The van der Waals surface area contributed by atoms with Crippen LogP contribution in [-0.2, 0) is 0 Å². The van der Waals surface area contributed by atoms with Gasteiger partial charge in [0.05, 0.1) is 5.02 Å². The fourth-order valence-corrected chi connectivity index (χ4v) is 2.89. The number of halogens is 3. The second-order valence-electron chi connectivity index (χ2n) is 5.64. The molecule has 0 spiro atoms. The van der Waals surface area contributed by atoms with Crippen molar-refractivity contribution in [2.45, 2.75) is 13.8 Å². The van der Waals surface area contributed by atoms with Crippen LogP contribution < -0.4 is 5.32 Å². The molecule has 1 amide bonds. The number of fused-ring (bicyclic) bond motifs is 1. The van der Waals surface area contributed by atoms with Gasteiger partial charge in [-0.1, -0.05) is 31.5 Å². The van der Waals surface area contributed by atoms with Crippen LogP contribution in [0.5, 0.6) is 0 Å². The van der Waals surface area contributed by atoms with Gasteiger partial charge in [-0.3, -0.25) is 4.79 Å². The Morgan fingerprint density at radius 3 is 2.45 bits per heavy atom. The molecular weight excluding hydrogens is 400 g/mol. The van der Waals surface area contributed by atoms with E-state index in [1.807, 2.05) is 13.8 Å². The maximum atomic E-state index is 13.7. The predicted molar refractivity (Wildman–Crippen MR) is 108 cm³/mol. The fraction of sp³-hybridized carbons (Fsp3) is 0.0952. The van der Waals surface area contributed by atoms with Gasteiger partial charge in [-0.25, -0.2) is 18.7 Å². The van der Waals surface area contributed by atoms with Crippen LogP contribution in [0.15, 0.2) is 59.5 Å². The van der Waals surface area contributed by atoms with Crippen LogP contribution in [0, 0.1) is 11.6 Å². The zero-order valence-corrected chi connectivity index (χ0v) is 16.3. The van der Waals surface area contributed by atoms with Gasteiger partial charge in [0.2, 0.25) is 0 Å². The number of carbonyl (C=O) groups is 1. The average Bonchev–Trinajstić information content (AvgIpc) is 3.16. The van der Waals surface area contributed by atoms with Gasteiger partial charge in [-0.15, -0.1) is 0 Å². The van der Waals surface area contributed by atoms with E-state index in [4.69, 9.17) is 16.0 Å². The van der Waals surface area contributed by atoms with Gasteiger partial charge >= 0.3 is 0 Å². The van der Waals surface area contributed by atoms with Gasteiger partial charge < -0.3 is 9.73 Å². The van der Waals surface area contributed by atoms with E-state index in [2.05, 4.69) is 15.3 Å². The Bertz CT molecular complexity index is 1140. The topological polar surface area (TPSA) is 68.0 Å². The number of rotatable bonds is 3. The first-order valence-electron chi connectivity index (χ1n) is 8.77. The zero-order chi connectivity index (χ0) is 21.0. The normalized spacial score (nSPS) is 10.4. The van der Waals surface area contributed by atoms with Crippen LogP contribution in [0.4, 0.5) is 14.6 Å². The molecule has 0 saturated carbocycles. The van der Waals surface area contributed by atoms with Crippen molar-refractivity contribution >= 4 is 34.4 Å². The Kier molecular flexibility index (Phi) is 6.19. The second-order valence-corrected chi connectivity index (χ2v) is 6.04. The Labute approximate surface area is 170 Å². The maximum Gasteiger partial charge on any atom is 0.262 e. The third-order valence-electron chi connectivity index (χ3n) is 3.93. The van der Waals surface area contributed by atoms with Gasteiger partial charge in [-0.2, -0.15) is 0 Å². The molecule has 29 heavy (non-hydrogen) atoms. The molecule has 8 heteroatoms. The molecule has 0 bridgehead atoms. The highest BCUT2D eigenvalue weighted by atomic mass is 35.5. The number of aromatic nitrogens is 2. The first kappa shape index (κ1) is 20.4. The van der Waals surface area contributed by atoms with Crippen molar-refractivity contribution in [2.75, 3.05) is 5.32 Å². The molecule has 2 heterocycles. The molecule has 0 aliphatic rings. The van der Waals surface area contributed by atoms with Crippen molar-refractivity contribution in [1.29, 1.82) is 0 Å². The molecule has 0 aliphatic carbocycles. The summed E-state index contributed by atoms with van der Waals surface area (Å²) in [6, 6.07) is 9.79. The van der Waals surface area contributed by atoms with Crippen molar-refractivity contribution in [3.63, 3.8) is 0 Å². The summed E-state index contributed by atoms with van der Waals surface area (Å²) in [5.74, 6) is -2.68. The molecule has 5 nitrogen and oxygen atoms in total. The molecule has 0 fully saturated rings. The Hall–Kier alpha value is -3.32. The molecular formula is C21H16ClF2N3O2. The smallest absolute Gasteiger partial charge is 0.262 e. The largest absolute Gasteiger partial charge is 0.443 e. The van der Waals surface area contributed by atoms with E-state index in [9.17, 15) is 13.6 Å².